The number of fused-ring (bicyclic) bond motifs is 1. The molecular weight excluding hydrogens is 253 g/mol. The first-order chi connectivity index (χ1) is 8.66. The Balaban J connectivity index is 1.83. The second kappa shape index (κ2) is 4.54. The van der Waals surface area contributed by atoms with Gasteiger partial charge in [0.1, 0.15) is 5.82 Å². The second-order valence-electron chi connectivity index (χ2n) is 5.26. The number of amides is 1. The maximum absolute atomic E-state index is 13.7. The maximum Gasteiger partial charge on any atom is 0.258 e. The van der Waals surface area contributed by atoms with Gasteiger partial charge >= 0.3 is 0 Å². The van der Waals surface area contributed by atoms with E-state index in [1.807, 2.05) is 0 Å². The molecule has 0 N–H and O–H groups in total. The van der Waals surface area contributed by atoms with Gasteiger partial charge in [-0.15, -0.1) is 0 Å². The third-order valence-electron chi connectivity index (χ3n) is 4.19. The van der Waals surface area contributed by atoms with Crippen LogP contribution in [0.4, 0.5) is 4.39 Å². The van der Waals surface area contributed by atoms with Crippen LogP contribution in [0.25, 0.3) is 0 Å². The largest absolute Gasteiger partial charge is 0.338 e. The van der Waals surface area contributed by atoms with Crippen molar-refractivity contribution in [3.63, 3.8) is 0 Å². The van der Waals surface area contributed by atoms with Crippen molar-refractivity contribution < 1.29 is 9.18 Å². The van der Waals surface area contributed by atoms with Gasteiger partial charge in [-0.2, -0.15) is 0 Å². The van der Waals surface area contributed by atoms with Crippen LogP contribution in [0.15, 0.2) is 18.2 Å². The minimum Gasteiger partial charge on any atom is -0.338 e. The highest BCUT2D eigenvalue weighted by Crippen LogP contribution is 2.38. The Kier molecular flexibility index (Phi) is 3.02. The first-order valence-electron chi connectivity index (χ1n) is 6.40. The minimum absolute atomic E-state index is 0.0270. The van der Waals surface area contributed by atoms with Gasteiger partial charge in [0.05, 0.1) is 10.6 Å². The van der Waals surface area contributed by atoms with Crippen LogP contribution in [0.5, 0.6) is 0 Å². The quantitative estimate of drug-likeness (QED) is 0.764. The van der Waals surface area contributed by atoms with Crippen molar-refractivity contribution in [2.75, 3.05) is 13.1 Å². The molecule has 2 atom stereocenters. The van der Waals surface area contributed by atoms with Crippen LogP contribution in [-0.4, -0.2) is 23.9 Å². The standard InChI is InChI=1S/C14H15ClFNO/c15-11-5-2-6-12(16)13(11)14(18)17-7-9-3-1-4-10(9)8-17/h2,5-6,9-10H,1,3-4,7-8H2. The summed E-state index contributed by atoms with van der Waals surface area (Å²) in [4.78, 5) is 14.1. The fraction of sp³-hybridized carbons (Fsp3) is 0.500. The molecule has 4 heteroatoms. The third-order valence-corrected chi connectivity index (χ3v) is 4.51. The zero-order chi connectivity index (χ0) is 12.7. The predicted molar refractivity (Wildman–Crippen MR) is 68.1 cm³/mol. The molecule has 18 heavy (non-hydrogen) atoms. The number of hydrogen-bond donors (Lipinski definition) is 0. The van der Waals surface area contributed by atoms with Gasteiger partial charge in [0.15, 0.2) is 0 Å². The molecule has 2 unspecified atom stereocenters. The van der Waals surface area contributed by atoms with Crippen molar-refractivity contribution in [1.82, 2.24) is 4.90 Å². The Morgan fingerprint density at radius 3 is 2.56 bits per heavy atom. The van der Waals surface area contributed by atoms with E-state index >= 15 is 0 Å². The van der Waals surface area contributed by atoms with E-state index in [1.54, 1.807) is 11.0 Å². The molecule has 0 spiro atoms. The molecule has 1 aromatic carbocycles. The van der Waals surface area contributed by atoms with Crippen molar-refractivity contribution in [3.05, 3.63) is 34.6 Å². The summed E-state index contributed by atoms with van der Waals surface area (Å²) in [5, 5.41) is 0.206. The van der Waals surface area contributed by atoms with Crippen molar-refractivity contribution >= 4 is 17.5 Å². The summed E-state index contributed by atoms with van der Waals surface area (Å²) in [7, 11) is 0. The number of carbonyl (C=O) groups excluding carboxylic acids is 1. The number of hydrogen-bond acceptors (Lipinski definition) is 1. The average molecular weight is 268 g/mol. The minimum atomic E-state index is -0.524. The predicted octanol–water partition coefficient (Wildman–Crippen LogP) is 3.35. The van der Waals surface area contributed by atoms with Crippen LogP contribution in [0, 0.1) is 17.7 Å². The lowest BCUT2D eigenvalue weighted by Gasteiger charge is -2.18. The SMILES string of the molecule is O=C(c1c(F)cccc1Cl)N1CC2CCCC2C1. The van der Waals surface area contributed by atoms with E-state index in [9.17, 15) is 9.18 Å². The fourth-order valence-electron chi connectivity index (χ4n) is 3.26. The first kappa shape index (κ1) is 12.0. The zero-order valence-corrected chi connectivity index (χ0v) is 10.8. The number of likely N-dealkylation sites (tertiary alicyclic amines) is 1. The molecule has 1 amide bonds. The molecule has 1 saturated carbocycles. The molecule has 96 valence electrons. The van der Waals surface area contributed by atoms with Gasteiger partial charge in [0.25, 0.3) is 5.91 Å². The lowest BCUT2D eigenvalue weighted by molar-refractivity contribution is 0.0776. The molecule has 2 nitrogen and oxygen atoms in total. The molecule has 2 aliphatic rings. The molecular formula is C14H15ClFNO. The summed E-state index contributed by atoms with van der Waals surface area (Å²) >= 11 is 5.94. The van der Waals surface area contributed by atoms with Crippen LogP contribution in [-0.2, 0) is 0 Å². The van der Waals surface area contributed by atoms with E-state index in [-0.39, 0.29) is 16.5 Å². The number of nitrogens with zero attached hydrogens (tertiary/aromatic N) is 1. The van der Waals surface area contributed by atoms with E-state index in [0.717, 1.165) is 13.1 Å². The number of carbonyl (C=O) groups is 1. The smallest absolute Gasteiger partial charge is 0.258 e. The van der Waals surface area contributed by atoms with Crippen LogP contribution in [0.3, 0.4) is 0 Å². The molecule has 1 aliphatic heterocycles. The van der Waals surface area contributed by atoms with Gasteiger partial charge < -0.3 is 4.90 Å². The van der Waals surface area contributed by atoms with Gasteiger partial charge in [0.2, 0.25) is 0 Å². The molecule has 1 aromatic rings. The number of benzene rings is 1. The molecule has 0 aromatic heterocycles. The highest BCUT2D eigenvalue weighted by molar-refractivity contribution is 6.33. The summed E-state index contributed by atoms with van der Waals surface area (Å²) in [6.07, 6.45) is 3.65. The van der Waals surface area contributed by atoms with Crippen LogP contribution in [0.1, 0.15) is 29.6 Å². The molecule has 1 saturated heterocycles. The monoisotopic (exact) mass is 267 g/mol. The van der Waals surface area contributed by atoms with Gasteiger partial charge in [0, 0.05) is 13.1 Å². The lowest BCUT2D eigenvalue weighted by Crippen LogP contribution is -2.30. The maximum atomic E-state index is 13.7. The summed E-state index contributed by atoms with van der Waals surface area (Å²) in [5.41, 5.74) is 0.0270. The molecule has 1 aliphatic carbocycles. The van der Waals surface area contributed by atoms with Gasteiger partial charge in [-0.3, -0.25) is 4.79 Å². The summed E-state index contributed by atoms with van der Waals surface area (Å²) in [6, 6.07) is 4.37. The summed E-state index contributed by atoms with van der Waals surface area (Å²) in [6.45, 7) is 1.52. The molecule has 2 fully saturated rings. The van der Waals surface area contributed by atoms with Gasteiger partial charge in [-0.1, -0.05) is 24.1 Å². The molecule has 1 heterocycles. The molecule has 3 rings (SSSR count). The first-order valence-corrected chi connectivity index (χ1v) is 6.78. The number of halogens is 2. The summed E-state index contributed by atoms with van der Waals surface area (Å²) in [5.74, 6) is 0.441. The van der Waals surface area contributed by atoms with E-state index < -0.39 is 5.82 Å². The Labute approximate surface area is 111 Å². The van der Waals surface area contributed by atoms with Crippen molar-refractivity contribution in [3.8, 4) is 0 Å². The van der Waals surface area contributed by atoms with Crippen molar-refractivity contribution in [1.29, 1.82) is 0 Å². The normalized spacial score (nSPS) is 26.4. The Morgan fingerprint density at radius 1 is 1.28 bits per heavy atom. The van der Waals surface area contributed by atoms with Crippen molar-refractivity contribution in [2.24, 2.45) is 11.8 Å². The van der Waals surface area contributed by atoms with Gasteiger partial charge in [-0.05, 0) is 36.8 Å². The Bertz CT molecular complexity index is 458. The van der Waals surface area contributed by atoms with Crippen LogP contribution in [0.2, 0.25) is 5.02 Å². The van der Waals surface area contributed by atoms with E-state index in [0.29, 0.717) is 11.8 Å². The van der Waals surface area contributed by atoms with E-state index in [1.165, 1.54) is 31.4 Å². The van der Waals surface area contributed by atoms with E-state index in [4.69, 9.17) is 11.6 Å². The highest BCUT2D eigenvalue weighted by atomic mass is 35.5. The topological polar surface area (TPSA) is 20.3 Å². The van der Waals surface area contributed by atoms with Crippen LogP contribution >= 0.6 is 11.6 Å². The molecule has 0 bridgehead atoms. The lowest BCUT2D eigenvalue weighted by atomic mass is 10.0. The van der Waals surface area contributed by atoms with E-state index in [2.05, 4.69) is 0 Å². The summed E-state index contributed by atoms with van der Waals surface area (Å²) < 4.78 is 13.7. The van der Waals surface area contributed by atoms with Gasteiger partial charge in [-0.25, -0.2) is 4.39 Å². The zero-order valence-electron chi connectivity index (χ0n) is 10.0. The Morgan fingerprint density at radius 2 is 1.94 bits per heavy atom. The third kappa shape index (κ3) is 1.91. The fourth-order valence-corrected chi connectivity index (χ4v) is 3.50. The van der Waals surface area contributed by atoms with Crippen LogP contribution < -0.4 is 0 Å². The number of rotatable bonds is 1. The Hall–Kier alpha value is -1.09. The second-order valence-corrected chi connectivity index (χ2v) is 5.67. The molecule has 0 radical (unpaired) electrons. The average Bonchev–Trinajstić information content (AvgIpc) is 2.88. The highest BCUT2D eigenvalue weighted by Gasteiger charge is 2.39. The van der Waals surface area contributed by atoms with Crippen molar-refractivity contribution in [2.45, 2.75) is 19.3 Å².